The van der Waals surface area contributed by atoms with Crippen LogP contribution in [-0.2, 0) is 7.05 Å². The Morgan fingerprint density at radius 2 is 2.00 bits per heavy atom. The summed E-state index contributed by atoms with van der Waals surface area (Å²) < 4.78 is 3.05. The largest absolute Gasteiger partial charge is 0.334 e. The van der Waals surface area contributed by atoms with Gasteiger partial charge in [-0.3, -0.25) is 9.78 Å². The molecule has 3 aromatic rings. The molecule has 0 saturated carbocycles. The van der Waals surface area contributed by atoms with E-state index in [9.17, 15) is 9.59 Å². The molecule has 1 aromatic carbocycles. The second-order valence-corrected chi connectivity index (χ2v) is 4.46. The summed E-state index contributed by atoms with van der Waals surface area (Å²) in [5, 5.41) is 9.11. The predicted molar refractivity (Wildman–Crippen MR) is 70.2 cm³/mol. The van der Waals surface area contributed by atoms with Crippen molar-refractivity contribution >= 4 is 16.7 Å². The Hall–Kier alpha value is -2.81. The van der Waals surface area contributed by atoms with Crippen LogP contribution < -0.4 is 11.2 Å². The fourth-order valence-electron chi connectivity index (χ4n) is 2.38. The van der Waals surface area contributed by atoms with Gasteiger partial charge in [0.2, 0.25) is 0 Å². The van der Waals surface area contributed by atoms with Gasteiger partial charge < -0.3 is 4.57 Å². The van der Waals surface area contributed by atoms with Gasteiger partial charge in [0.25, 0.3) is 5.56 Å². The average Bonchev–Trinajstić information content (AvgIpc) is 2.64. The quantitative estimate of drug-likeness (QED) is 0.639. The third-order valence-electron chi connectivity index (χ3n) is 3.25. The molecule has 0 amide bonds. The molecule has 1 N–H and O–H groups in total. The maximum Gasteiger partial charge on any atom is 0.334 e. The fourth-order valence-corrected chi connectivity index (χ4v) is 2.38. The number of benzene rings is 1. The molecule has 6 nitrogen and oxygen atoms in total. The van der Waals surface area contributed by atoms with Gasteiger partial charge in [-0.25, -0.2) is 9.20 Å². The van der Waals surface area contributed by atoms with E-state index < -0.39 is 11.2 Å². The van der Waals surface area contributed by atoms with Crippen LogP contribution in [0.3, 0.4) is 0 Å². The Labute approximate surface area is 107 Å². The molecule has 94 valence electrons. The van der Waals surface area contributed by atoms with Crippen LogP contribution in [0.4, 0.5) is 0 Å². The van der Waals surface area contributed by atoms with Crippen molar-refractivity contribution in [3.63, 3.8) is 0 Å². The Morgan fingerprint density at radius 1 is 1.26 bits per heavy atom. The number of fused-ring (bicyclic) bond motifs is 3. The highest BCUT2D eigenvalue weighted by Gasteiger charge is 2.16. The van der Waals surface area contributed by atoms with Crippen molar-refractivity contribution in [1.82, 2.24) is 14.0 Å². The molecule has 0 bridgehead atoms. The maximum absolute atomic E-state index is 12.0. The van der Waals surface area contributed by atoms with Gasteiger partial charge in [0, 0.05) is 7.05 Å². The normalized spacial score (nSPS) is 11.0. The third kappa shape index (κ3) is 1.35. The van der Waals surface area contributed by atoms with Gasteiger partial charge in [-0.2, -0.15) is 5.26 Å². The fraction of sp³-hybridized carbons (Fsp3) is 0.154. The van der Waals surface area contributed by atoms with E-state index in [-0.39, 0.29) is 5.56 Å². The van der Waals surface area contributed by atoms with E-state index in [0.717, 1.165) is 11.1 Å². The number of imidazole rings is 1. The summed E-state index contributed by atoms with van der Waals surface area (Å²) in [6, 6.07) is 7.49. The minimum Gasteiger partial charge on any atom is -0.327 e. The Bertz CT molecular complexity index is 982. The summed E-state index contributed by atoms with van der Waals surface area (Å²) in [7, 11) is 1.73. The van der Waals surface area contributed by atoms with Gasteiger partial charge in [-0.05, 0) is 24.6 Å². The van der Waals surface area contributed by atoms with Gasteiger partial charge >= 0.3 is 5.69 Å². The minimum atomic E-state index is -0.657. The maximum atomic E-state index is 12.0. The number of H-pyrrole nitrogens is 1. The first-order valence-electron chi connectivity index (χ1n) is 5.69. The number of aromatic nitrogens is 3. The Balaban J connectivity index is 2.79. The molecule has 2 heterocycles. The highest BCUT2D eigenvalue weighted by molar-refractivity contribution is 5.83. The van der Waals surface area contributed by atoms with Crippen LogP contribution >= 0.6 is 0 Å². The lowest BCUT2D eigenvalue weighted by molar-refractivity contribution is 0.928. The van der Waals surface area contributed by atoms with Crippen LogP contribution in [0.2, 0.25) is 0 Å². The summed E-state index contributed by atoms with van der Waals surface area (Å²) in [4.78, 5) is 25.8. The zero-order chi connectivity index (χ0) is 13.7. The van der Waals surface area contributed by atoms with Crippen molar-refractivity contribution in [2.75, 3.05) is 0 Å². The number of rotatable bonds is 0. The highest BCUT2D eigenvalue weighted by Crippen LogP contribution is 2.20. The molecule has 0 aliphatic heterocycles. The second kappa shape index (κ2) is 3.59. The van der Waals surface area contributed by atoms with Crippen molar-refractivity contribution in [3.8, 4) is 6.07 Å². The lowest BCUT2D eigenvalue weighted by Gasteiger charge is -1.98. The van der Waals surface area contributed by atoms with Crippen LogP contribution in [0.5, 0.6) is 0 Å². The summed E-state index contributed by atoms with van der Waals surface area (Å²) >= 11 is 0. The molecule has 0 atom stereocenters. The molecule has 0 aliphatic rings. The number of aromatic amines is 1. The Morgan fingerprint density at radius 3 is 2.68 bits per heavy atom. The predicted octanol–water partition coefficient (Wildman–Crippen LogP) is 0.660. The molecule has 0 unspecified atom stereocenters. The topological polar surface area (TPSA) is 83.1 Å². The van der Waals surface area contributed by atoms with E-state index in [1.165, 1.54) is 4.40 Å². The summed E-state index contributed by atoms with van der Waals surface area (Å²) in [5.41, 5.74) is 1.53. The van der Waals surface area contributed by atoms with Gasteiger partial charge in [0.1, 0.15) is 11.7 Å². The van der Waals surface area contributed by atoms with Crippen molar-refractivity contribution in [1.29, 1.82) is 5.26 Å². The van der Waals surface area contributed by atoms with E-state index in [1.807, 2.05) is 31.2 Å². The number of hydrogen-bond donors (Lipinski definition) is 1. The minimum absolute atomic E-state index is 0.0593. The van der Waals surface area contributed by atoms with Crippen LogP contribution in [0.25, 0.3) is 16.7 Å². The number of nitrogens with one attached hydrogen (secondary N) is 1. The molecule has 0 saturated heterocycles. The first-order valence-corrected chi connectivity index (χ1v) is 5.69. The van der Waals surface area contributed by atoms with Crippen molar-refractivity contribution in [2.45, 2.75) is 6.92 Å². The molecule has 0 fully saturated rings. The average molecular weight is 254 g/mol. The van der Waals surface area contributed by atoms with Gasteiger partial charge in [0.15, 0.2) is 5.56 Å². The number of aryl methyl sites for hydroxylation is 2. The first kappa shape index (κ1) is 11.3. The number of hydrogen-bond acceptors (Lipinski definition) is 3. The van der Waals surface area contributed by atoms with Crippen LogP contribution in [0, 0.1) is 18.3 Å². The Kier molecular flexibility index (Phi) is 2.13. The molecular weight excluding hydrogens is 244 g/mol. The smallest absolute Gasteiger partial charge is 0.327 e. The summed E-state index contributed by atoms with van der Waals surface area (Å²) in [6.45, 7) is 1.92. The van der Waals surface area contributed by atoms with Crippen LogP contribution in [0.15, 0.2) is 27.8 Å². The van der Waals surface area contributed by atoms with E-state index in [4.69, 9.17) is 5.26 Å². The second-order valence-electron chi connectivity index (χ2n) is 4.46. The lowest BCUT2D eigenvalue weighted by atomic mass is 10.2. The molecule has 0 radical (unpaired) electrons. The SMILES string of the molecule is Cc1ccc2c(c1)n1c(=O)[nH]c(=O)c(C#N)c1n2C. The van der Waals surface area contributed by atoms with Gasteiger partial charge in [-0.1, -0.05) is 6.07 Å². The zero-order valence-electron chi connectivity index (χ0n) is 10.4. The summed E-state index contributed by atoms with van der Waals surface area (Å²) in [6.07, 6.45) is 0. The molecule has 19 heavy (non-hydrogen) atoms. The van der Waals surface area contributed by atoms with Crippen LogP contribution in [0.1, 0.15) is 11.1 Å². The molecule has 6 heteroatoms. The van der Waals surface area contributed by atoms with E-state index in [2.05, 4.69) is 4.98 Å². The molecule has 3 rings (SSSR count). The van der Waals surface area contributed by atoms with E-state index in [1.54, 1.807) is 11.6 Å². The van der Waals surface area contributed by atoms with Crippen molar-refractivity contribution in [3.05, 3.63) is 50.2 Å². The number of nitrogens with zero attached hydrogens (tertiary/aromatic N) is 3. The highest BCUT2D eigenvalue weighted by atomic mass is 16.2. The van der Waals surface area contributed by atoms with Crippen molar-refractivity contribution in [2.24, 2.45) is 7.05 Å². The molecular formula is C13H10N4O2. The van der Waals surface area contributed by atoms with E-state index in [0.29, 0.717) is 11.2 Å². The third-order valence-corrected chi connectivity index (χ3v) is 3.25. The molecule has 0 spiro atoms. The van der Waals surface area contributed by atoms with Gasteiger partial charge in [-0.15, -0.1) is 0 Å². The number of nitriles is 1. The monoisotopic (exact) mass is 254 g/mol. The first-order chi connectivity index (χ1) is 9.04. The standard InChI is InChI=1S/C13H10N4O2/c1-7-3-4-9-10(5-7)17-12(16(9)2)8(6-14)11(18)15-13(17)19/h3-5H,1-2H3,(H,15,18,19). The van der Waals surface area contributed by atoms with Crippen LogP contribution in [-0.4, -0.2) is 14.0 Å². The molecule has 0 aliphatic carbocycles. The van der Waals surface area contributed by atoms with E-state index >= 15 is 0 Å². The van der Waals surface area contributed by atoms with Crippen molar-refractivity contribution < 1.29 is 0 Å². The zero-order valence-corrected chi connectivity index (χ0v) is 10.4. The summed E-state index contributed by atoms with van der Waals surface area (Å²) in [5.74, 6) is 0. The molecule has 2 aromatic heterocycles. The van der Waals surface area contributed by atoms with Gasteiger partial charge in [0.05, 0.1) is 11.0 Å². The lowest BCUT2D eigenvalue weighted by Crippen LogP contribution is -2.28.